The topological polar surface area (TPSA) is 46.2 Å². The zero-order valence-electron chi connectivity index (χ0n) is 8.04. The van der Waals surface area contributed by atoms with E-state index in [9.17, 15) is 8.42 Å². The second-order valence-electron chi connectivity index (χ2n) is 4.57. The van der Waals surface area contributed by atoms with E-state index in [1.54, 1.807) is 0 Å². The van der Waals surface area contributed by atoms with Gasteiger partial charge in [0.15, 0.2) is 9.84 Å². The Balaban J connectivity index is 2.19. The highest BCUT2D eigenvalue weighted by molar-refractivity contribution is 7.92. The molecule has 0 amide bonds. The molecule has 0 aromatic carbocycles. The molecule has 1 N–H and O–H groups in total. The number of hydrogen-bond acceptors (Lipinski definition) is 3. The molecule has 4 heteroatoms. The summed E-state index contributed by atoms with van der Waals surface area (Å²) in [6.45, 7) is 3.83. The minimum atomic E-state index is -2.76. The number of sulfone groups is 1. The fourth-order valence-electron chi connectivity index (χ4n) is 2.67. The normalized spacial score (nSPS) is 36.5. The van der Waals surface area contributed by atoms with Crippen LogP contribution in [0, 0.1) is 5.41 Å². The first kappa shape index (κ1) is 9.46. The zero-order chi connectivity index (χ0) is 9.53. The van der Waals surface area contributed by atoms with Crippen molar-refractivity contribution in [2.75, 3.05) is 18.8 Å². The quantitative estimate of drug-likeness (QED) is 0.626. The van der Waals surface area contributed by atoms with E-state index in [-0.39, 0.29) is 10.7 Å². The van der Waals surface area contributed by atoms with Crippen LogP contribution in [0.25, 0.3) is 0 Å². The maximum atomic E-state index is 11.6. The Morgan fingerprint density at radius 2 is 1.92 bits per heavy atom. The van der Waals surface area contributed by atoms with Crippen LogP contribution in [0.4, 0.5) is 0 Å². The molecule has 2 fully saturated rings. The average Bonchev–Trinajstić information content (AvgIpc) is 2.23. The number of rotatable bonds is 0. The lowest BCUT2D eigenvalue weighted by Crippen LogP contribution is -2.37. The molecule has 0 aromatic rings. The minimum Gasteiger partial charge on any atom is -0.317 e. The molecule has 1 atom stereocenters. The van der Waals surface area contributed by atoms with E-state index in [1.165, 1.54) is 0 Å². The van der Waals surface area contributed by atoms with Gasteiger partial charge in [0, 0.05) is 0 Å². The summed E-state index contributed by atoms with van der Waals surface area (Å²) in [6.07, 6.45) is 2.96. The molecule has 0 bridgehead atoms. The van der Waals surface area contributed by atoms with Crippen LogP contribution in [0.15, 0.2) is 0 Å². The van der Waals surface area contributed by atoms with Gasteiger partial charge in [-0.05, 0) is 44.7 Å². The monoisotopic (exact) mass is 203 g/mol. The molecular weight excluding hydrogens is 186 g/mol. The van der Waals surface area contributed by atoms with E-state index in [0.717, 1.165) is 32.4 Å². The molecule has 76 valence electrons. The first-order valence-electron chi connectivity index (χ1n) is 4.96. The molecule has 2 aliphatic heterocycles. The molecule has 13 heavy (non-hydrogen) atoms. The molecule has 3 nitrogen and oxygen atoms in total. The van der Waals surface area contributed by atoms with Crippen molar-refractivity contribution in [2.24, 2.45) is 5.41 Å². The van der Waals surface area contributed by atoms with E-state index in [2.05, 4.69) is 5.32 Å². The van der Waals surface area contributed by atoms with E-state index in [4.69, 9.17) is 0 Å². The zero-order valence-corrected chi connectivity index (χ0v) is 8.86. The number of hydrogen-bond donors (Lipinski definition) is 1. The van der Waals surface area contributed by atoms with Gasteiger partial charge in [0.2, 0.25) is 0 Å². The highest BCUT2D eigenvalue weighted by Gasteiger charge is 2.46. The van der Waals surface area contributed by atoms with Crippen molar-refractivity contribution in [3.05, 3.63) is 0 Å². The third-order valence-electron chi connectivity index (χ3n) is 3.51. The van der Waals surface area contributed by atoms with Crippen LogP contribution in [-0.4, -0.2) is 32.5 Å². The number of nitrogens with one attached hydrogen (secondary N) is 1. The summed E-state index contributed by atoms with van der Waals surface area (Å²) >= 11 is 0. The van der Waals surface area contributed by atoms with Gasteiger partial charge in [-0.1, -0.05) is 0 Å². The largest absolute Gasteiger partial charge is 0.317 e. The molecule has 0 aromatic heterocycles. The highest BCUT2D eigenvalue weighted by Crippen LogP contribution is 2.43. The van der Waals surface area contributed by atoms with Crippen molar-refractivity contribution < 1.29 is 8.42 Å². The molecule has 2 saturated heterocycles. The predicted octanol–water partition coefficient (Wildman–Crippen LogP) is 0.563. The van der Waals surface area contributed by atoms with Crippen LogP contribution in [-0.2, 0) is 9.84 Å². The summed E-state index contributed by atoms with van der Waals surface area (Å²) in [5, 5.41) is 3.18. The van der Waals surface area contributed by atoms with Crippen molar-refractivity contribution in [3.8, 4) is 0 Å². The van der Waals surface area contributed by atoms with Gasteiger partial charge >= 0.3 is 0 Å². The molecule has 0 radical (unpaired) electrons. The van der Waals surface area contributed by atoms with Crippen LogP contribution < -0.4 is 5.32 Å². The maximum Gasteiger partial charge on any atom is 0.153 e. The third-order valence-corrected chi connectivity index (χ3v) is 5.91. The summed E-state index contributed by atoms with van der Waals surface area (Å²) in [5.41, 5.74) is 0.128. The molecule has 1 spiro atoms. The fraction of sp³-hybridized carbons (Fsp3) is 1.00. The van der Waals surface area contributed by atoms with E-state index < -0.39 is 9.84 Å². The maximum absolute atomic E-state index is 11.6. The van der Waals surface area contributed by atoms with Gasteiger partial charge in [0.25, 0.3) is 0 Å². The Morgan fingerprint density at radius 3 is 2.38 bits per heavy atom. The molecule has 2 aliphatic rings. The van der Waals surface area contributed by atoms with Crippen molar-refractivity contribution in [1.82, 2.24) is 5.32 Å². The van der Waals surface area contributed by atoms with Gasteiger partial charge in [-0.15, -0.1) is 0 Å². The van der Waals surface area contributed by atoms with Crippen molar-refractivity contribution in [3.63, 3.8) is 0 Å². The first-order chi connectivity index (χ1) is 6.04. The molecule has 2 heterocycles. The lowest BCUT2D eigenvalue weighted by molar-refractivity contribution is 0.230. The Labute approximate surface area is 79.8 Å². The summed E-state index contributed by atoms with van der Waals surface area (Å²) in [5.74, 6) is 0.433. The molecule has 1 unspecified atom stereocenters. The smallest absolute Gasteiger partial charge is 0.153 e. The minimum absolute atomic E-state index is 0.106. The summed E-state index contributed by atoms with van der Waals surface area (Å²) < 4.78 is 23.2. The van der Waals surface area contributed by atoms with Crippen LogP contribution in [0.5, 0.6) is 0 Å². The van der Waals surface area contributed by atoms with Crippen molar-refractivity contribution in [1.29, 1.82) is 0 Å². The molecule has 0 saturated carbocycles. The Hall–Kier alpha value is -0.0900. The van der Waals surface area contributed by atoms with Gasteiger partial charge < -0.3 is 5.32 Å². The first-order valence-corrected chi connectivity index (χ1v) is 6.68. The van der Waals surface area contributed by atoms with Gasteiger partial charge in [-0.3, -0.25) is 0 Å². The predicted molar refractivity (Wildman–Crippen MR) is 52.4 cm³/mol. The van der Waals surface area contributed by atoms with Gasteiger partial charge in [-0.25, -0.2) is 8.42 Å². The SMILES string of the molecule is CC1CC2(CCNCC2)CS1(=O)=O. The fourth-order valence-corrected chi connectivity index (χ4v) is 4.82. The standard InChI is InChI=1S/C9H17NO2S/c1-8-6-9(7-13(8,11)12)2-4-10-5-3-9/h8,10H,2-7H2,1H3. The molecule has 0 aliphatic carbocycles. The Kier molecular flexibility index (Phi) is 2.15. The second-order valence-corrected chi connectivity index (χ2v) is 6.99. The van der Waals surface area contributed by atoms with Crippen molar-refractivity contribution in [2.45, 2.75) is 31.4 Å². The Bertz CT molecular complexity index is 291. The lowest BCUT2D eigenvalue weighted by atomic mass is 9.77. The van der Waals surface area contributed by atoms with Gasteiger partial charge in [0.1, 0.15) is 0 Å². The van der Waals surface area contributed by atoms with E-state index >= 15 is 0 Å². The van der Waals surface area contributed by atoms with Crippen LogP contribution in [0.3, 0.4) is 0 Å². The number of piperidine rings is 1. The summed E-state index contributed by atoms with van der Waals surface area (Å²) in [4.78, 5) is 0. The summed E-state index contributed by atoms with van der Waals surface area (Å²) in [6, 6.07) is 0. The third kappa shape index (κ3) is 1.62. The Morgan fingerprint density at radius 1 is 1.31 bits per heavy atom. The highest BCUT2D eigenvalue weighted by atomic mass is 32.2. The van der Waals surface area contributed by atoms with Crippen molar-refractivity contribution >= 4 is 9.84 Å². The van der Waals surface area contributed by atoms with Crippen LogP contribution in [0.2, 0.25) is 0 Å². The van der Waals surface area contributed by atoms with E-state index in [0.29, 0.717) is 5.75 Å². The second kappa shape index (κ2) is 2.95. The van der Waals surface area contributed by atoms with Crippen LogP contribution >= 0.6 is 0 Å². The van der Waals surface area contributed by atoms with E-state index in [1.807, 2.05) is 6.92 Å². The lowest BCUT2D eigenvalue weighted by Gasteiger charge is -2.32. The molecular formula is C9H17NO2S. The molecule has 2 rings (SSSR count). The van der Waals surface area contributed by atoms with Gasteiger partial charge in [-0.2, -0.15) is 0 Å². The van der Waals surface area contributed by atoms with Crippen LogP contribution in [0.1, 0.15) is 26.2 Å². The average molecular weight is 203 g/mol. The summed E-state index contributed by atoms with van der Waals surface area (Å²) in [7, 11) is -2.76. The van der Waals surface area contributed by atoms with Gasteiger partial charge in [0.05, 0.1) is 11.0 Å².